The van der Waals surface area contributed by atoms with E-state index in [2.05, 4.69) is 4.98 Å². The fraction of sp³-hybridized carbons (Fsp3) is 0.316. The highest BCUT2D eigenvalue weighted by Crippen LogP contribution is 2.17. The minimum absolute atomic E-state index is 0.0396. The van der Waals surface area contributed by atoms with E-state index in [1.165, 1.54) is 10.6 Å². The molecule has 8 nitrogen and oxygen atoms in total. The summed E-state index contributed by atoms with van der Waals surface area (Å²) in [5.74, 6) is 0.0534. The molecule has 3 heterocycles. The van der Waals surface area contributed by atoms with Crippen LogP contribution in [0.2, 0.25) is 0 Å². The van der Waals surface area contributed by atoms with E-state index in [9.17, 15) is 14.0 Å². The van der Waals surface area contributed by atoms with Crippen molar-refractivity contribution in [2.75, 3.05) is 6.61 Å². The van der Waals surface area contributed by atoms with Gasteiger partial charge in [0.15, 0.2) is 11.2 Å². The number of aliphatic hydroxyl groups excluding tert-OH is 1. The fourth-order valence-corrected chi connectivity index (χ4v) is 3.50. The third-order valence-corrected chi connectivity index (χ3v) is 4.97. The van der Waals surface area contributed by atoms with Crippen molar-refractivity contribution in [3.8, 4) is 0 Å². The van der Waals surface area contributed by atoms with E-state index in [1.807, 2.05) is 11.5 Å². The SMILES string of the molecule is Cc1cn2c3c(=O)n(Cc4ccccc4F)c(=O)n(C)c3nc2n1CCCO. The largest absolute Gasteiger partial charge is 0.396 e. The van der Waals surface area contributed by atoms with Crippen molar-refractivity contribution in [1.82, 2.24) is 23.1 Å². The second kappa shape index (κ2) is 6.75. The molecule has 0 amide bonds. The van der Waals surface area contributed by atoms with Crippen LogP contribution in [0.1, 0.15) is 17.7 Å². The second-order valence-electron chi connectivity index (χ2n) is 6.78. The number of aromatic nitrogens is 5. The second-order valence-corrected chi connectivity index (χ2v) is 6.78. The number of aryl methyl sites for hydroxylation is 3. The lowest BCUT2D eigenvalue weighted by atomic mass is 10.2. The maximum absolute atomic E-state index is 14.1. The van der Waals surface area contributed by atoms with Gasteiger partial charge in [0.2, 0.25) is 5.78 Å². The summed E-state index contributed by atoms with van der Waals surface area (Å²) < 4.78 is 19.9. The molecule has 0 radical (unpaired) electrons. The molecule has 28 heavy (non-hydrogen) atoms. The van der Waals surface area contributed by atoms with Crippen LogP contribution in [0, 0.1) is 12.7 Å². The van der Waals surface area contributed by atoms with E-state index >= 15 is 0 Å². The standard InChI is InChI=1S/C19H20FN5O3/c1-12-10-24-15-16(21-18(24)23(12)8-5-9-26)22(2)19(28)25(17(15)27)11-13-6-3-4-7-14(13)20/h3-4,6-7,10,26H,5,8-9,11H2,1-2H3. The minimum Gasteiger partial charge on any atom is -0.396 e. The molecule has 146 valence electrons. The zero-order valence-corrected chi connectivity index (χ0v) is 15.6. The van der Waals surface area contributed by atoms with Crippen molar-refractivity contribution < 1.29 is 9.50 Å². The third-order valence-electron chi connectivity index (χ3n) is 4.97. The lowest BCUT2D eigenvalue weighted by molar-refractivity contribution is 0.280. The van der Waals surface area contributed by atoms with Crippen LogP contribution in [0.5, 0.6) is 0 Å². The van der Waals surface area contributed by atoms with Crippen molar-refractivity contribution in [3.05, 3.63) is 68.4 Å². The summed E-state index contributed by atoms with van der Waals surface area (Å²) in [5.41, 5.74) is 0.602. The van der Waals surface area contributed by atoms with E-state index in [-0.39, 0.29) is 29.9 Å². The number of rotatable bonds is 5. The van der Waals surface area contributed by atoms with Gasteiger partial charge in [0, 0.05) is 37.7 Å². The Balaban J connectivity index is 1.98. The van der Waals surface area contributed by atoms with Crippen LogP contribution in [0.3, 0.4) is 0 Å². The van der Waals surface area contributed by atoms with E-state index in [0.29, 0.717) is 18.7 Å². The molecule has 0 aliphatic rings. The highest BCUT2D eigenvalue weighted by Gasteiger charge is 2.20. The Morgan fingerprint density at radius 2 is 1.93 bits per heavy atom. The molecule has 9 heteroatoms. The molecule has 0 aliphatic carbocycles. The average molecular weight is 385 g/mol. The first-order valence-corrected chi connectivity index (χ1v) is 8.96. The molecule has 4 rings (SSSR count). The summed E-state index contributed by atoms with van der Waals surface area (Å²) in [6.45, 7) is 2.31. The molecule has 3 aromatic heterocycles. The molecule has 0 saturated heterocycles. The zero-order valence-electron chi connectivity index (χ0n) is 15.6. The molecule has 0 saturated carbocycles. The molecule has 0 aliphatic heterocycles. The van der Waals surface area contributed by atoms with Gasteiger partial charge in [0.25, 0.3) is 5.56 Å². The van der Waals surface area contributed by atoms with Crippen LogP contribution in [-0.4, -0.2) is 34.8 Å². The fourth-order valence-electron chi connectivity index (χ4n) is 3.50. The molecule has 1 N–H and O–H groups in total. The van der Waals surface area contributed by atoms with Gasteiger partial charge in [-0.15, -0.1) is 0 Å². The Kier molecular flexibility index (Phi) is 4.38. The van der Waals surface area contributed by atoms with Crippen molar-refractivity contribution >= 4 is 16.9 Å². The van der Waals surface area contributed by atoms with Crippen molar-refractivity contribution in [3.63, 3.8) is 0 Å². The minimum atomic E-state index is -0.555. The smallest absolute Gasteiger partial charge is 0.332 e. The number of halogens is 1. The van der Waals surface area contributed by atoms with Crippen LogP contribution < -0.4 is 11.2 Å². The summed E-state index contributed by atoms with van der Waals surface area (Å²) >= 11 is 0. The molecule has 4 aromatic rings. The Labute approximate surface area is 158 Å². The topological polar surface area (TPSA) is 86.5 Å². The normalized spacial score (nSPS) is 11.7. The molecule has 0 atom stereocenters. The van der Waals surface area contributed by atoms with Crippen molar-refractivity contribution in [2.45, 2.75) is 26.4 Å². The van der Waals surface area contributed by atoms with Gasteiger partial charge in [-0.3, -0.25) is 18.3 Å². The maximum Gasteiger partial charge on any atom is 0.332 e. The lowest BCUT2D eigenvalue weighted by Crippen LogP contribution is -2.39. The predicted octanol–water partition coefficient (Wildman–Crippen LogP) is 1.03. The molecule has 1 aromatic carbocycles. The summed E-state index contributed by atoms with van der Waals surface area (Å²) in [7, 11) is 1.54. The Morgan fingerprint density at radius 1 is 1.18 bits per heavy atom. The number of benzene rings is 1. The van der Waals surface area contributed by atoms with Gasteiger partial charge < -0.3 is 9.67 Å². The summed E-state index contributed by atoms with van der Waals surface area (Å²) in [6.07, 6.45) is 2.33. The first-order chi connectivity index (χ1) is 13.4. The van der Waals surface area contributed by atoms with Gasteiger partial charge in [-0.05, 0) is 19.4 Å². The van der Waals surface area contributed by atoms with Gasteiger partial charge in [-0.2, -0.15) is 4.98 Å². The first kappa shape index (κ1) is 18.2. The van der Waals surface area contributed by atoms with Crippen LogP contribution >= 0.6 is 0 Å². The van der Waals surface area contributed by atoms with Crippen LogP contribution in [-0.2, 0) is 20.1 Å². The van der Waals surface area contributed by atoms with Crippen molar-refractivity contribution in [1.29, 1.82) is 0 Å². The van der Waals surface area contributed by atoms with E-state index in [0.717, 1.165) is 10.3 Å². The third kappa shape index (κ3) is 2.66. The Hall–Kier alpha value is -3.20. The number of aliphatic hydroxyl groups is 1. The molecule has 0 bridgehead atoms. The van der Waals surface area contributed by atoms with Gasteiger partial charge >= 0.3 is 5.69 Å². The highest BCUT2D eigenvalue weighted by molar-refractivity contribution is 5.75. The number of nitrogens with zero attached hydrogens (tertiary/aromatic N) is 5. The highest BCUT2D eigenvalue weighted by atomic mass is 19.1. The van der Waals surface area contributed by atoms with Crippen LogP contribution in [0.25, 0.3) is 16.9 Å². The molecule has 0 unspecified atom stereocenters. The molecular weight excluding hydrogens is 365 g/mol. The van der Waals surface area contributed by atoms with Crippen LogP contribution in [0.4, 0.5) is 4.39 Å². The van der Waals surface area contributed by atoms with Gasteiger partial charge in [0.05, 0.1) is 6.54 Å². The van der Waals surface area contributed by atoms with Crippen molar-refractivity contribution in [2.24, 2.45) is 7.05 Å². The summed E-state index contributed by atoms with van der Waals surface area (Å²) in [6, 6.07) is 6.06. The first-order valence-electron chi connectivity index (χ1n) is 8.96. The number of fused-ring (bicyclic) bond motifs is 3. The van der Waals surface area contributed by atoms with E-state index < -0.39 is 17.1 Å². The number of imidazole rings is 2. The average Bonchev–Trinajstić information content (AvgIpc) is 3.18. The quantitative estimate of drug-likeness (QED) is 0.556. The molecule has 0 fully saturated rings. The Bertz CT molecular complexity index is 1310. The monoisotopic (exact) mass is 385 g/mol. The summed E-state index contributed by atoms with van der Waals surface area (Å²) in [5, 5.41) is 9.12. The van der Waals surface area contributed by atoms with E-state index in [4.69, 9.17) is 5.11 Å². The van der Waals surface area contributed by atoms with E-state index in [1.54, 1.807) is 35.8 Å². The van der Waals surface area contributed by atoms with Crippen LogP contribution in [0.15, 0.2) is 40.1 Å². The van der Waals surface area contributed by atoms with Gasteiger partial charge in [-0.1, -0.05) is 18.2 Å². The lowest BCUT2D eigenvalue weighted by Gasteiger charge is -2.08. The maximum atomic E-state index is 14.1. The molecular formula is C19H20FN5O3. The predicted molar refractivity (Wildman–Crippen MR) is 102 cm³/mol. The van der Waals surface area contributed by atoms with Gasteiger partial charge in [0.1, 0.15) is 5.82 Å². The zero-order chi connectivity index (χ0) is 20.0. The molecule has 0 spiro atoms. The number of hydrogen-bond acceptors (Lipinski definition) is 4. The summed E-state index contributed by atoms with van der Waals surface area (Å²) in [4.78, 5) is 30.4. The Morgan fingerprint density at radius 3 is 2.64 bits per heavy atom. The van der Waals surface area contributed by atoms with Gasteiger partial charge in [-0.25, -0.2) is 9.18 Å². The number of hydrogen-bond donors (Lipinski definition) is 1.